The van der Waals surface area contributed by atoms with Crippen LogP contribution in [0.1, 0.15) is 13.3 Å². The molecule has 1 heterocycles. The topological polar surface area (TPSA) is 20.3 Å². The third-order valence-electron chi connectivity index (χ3n) is 2.12. The molecule has 0 aromatic heterocycles. The molecule has 0 radical (unpaired) electrons. The van der Waals surface area contributed by atoms with Crippen molar-refractivity contribution in [2.24, 2.45) is 0 Å². The van der Waals surface area contributed by atoms with E-state index in [1.807, 2.05) is 16.7 Å². The van der Waals surface area contributed by atoms with Gasteiger partial charge in [-0.3, -0.25) is 4.79 Å². The third-order valence-corrected chi connectivity index (χ3v) is 3.60. The molecule has 1 saturated heterocycles. The molecule has 2 nitrogen and oxygen atoms in total. The molecule has 1 rings (SSSR count). The molecule has 0 aromatic rings. The number of thioether (sulfide) groups is 1. The van der Waals surface area contributed by atoms with E-state index < -0.39 is 0 Å². The first-order valence-electron chi connectivity index (χ1n) is 4.19. The Morgan fingerprint density at radius 2 is 2.42 bits per heavy atom. The number of nitrogens with zero attached hydrogens (tertiary/aromatic N) is 1. The molecule has 1 atom stereocenters. The zero-order valence-electron chi connectivity index (χ0n) is 7.25. The van der Waals surface area contributed by atoms with Crippen molar-refractivity contribution < 1.29 is 4.79 Å². The summed E-state index contributed by atoms with van der Waals surface area (Å²) in [4.78, 5) is 13.4. The molecular weight excluding hydrogens is 238 g/mol. The minimum atomic E-state index is 0.227. The van der Waals surface area contributed by atoms with Crippen molar-refractivity contribution in [2.75, 3.05) is 23.4 Å². The number of carbonyl (C=O) groups is 1. The summed E-state index contributed by atoms with van der Waals surface area (Å²) in [6.45, 7) is 3.04. The highest BCUT2D eigenvalue weighted by Crippen LogP contribution is 2.16. The summed E-state index contributed by atoms with van der Waals surface area (Å²) < 4.78 is 0. The number of amides is 1. The molecular formula is C8H14BrNOS. The molecule has 0 N–H and O–H groups in total. The zero-order valence-corrected chi connectivity index (χ0v) is 9.66. The van der Waals surface area contributed by atoms with E-state index in [2.05, 4.69) is 22.9 Å². The summed E-state index contributed by atoms with van der Waals surface area (Å²) in [7, 11) is 0. The average Bonchev–Trinajstić information content (AvgIpc) is 2.28. The van der Waals surface area contributed by atoms with Gasteiger partial charge in [-0.25, -0.2) is 0 Å². The number of rotatable bonds is 1. The van der Waals surface area contributed by atoms with Gasteiger partial charge in [0.2, 0.25) is 5.91 Å². The van der Waals surface area contributed by atoms with Gasteiger partial charge in [-0.05, 0) is 19.1 Å². The molecule has 1 aliphatic rings. The van der Waals surface area contributed by atoms with Gasteiger partial charge >= 0.3 is 0 Å². The highest BCUT2D eigenvalue weighted by atomic mass is 79.9. The lowest BCUT2D eigenvalue weighted by atomic mass is 10.2. The second-order valence-electron chi connectivity index (χ2n) is 2.97. The van der Waals surface area contributed by atoms with Crippen LogP contribution < -0.4 is 0 Å². The molecule has 0 saturated carbocycles. The third kappa shape index (κ3) is 2.66. The molecule has 4 heteroatoms. The van der Waals surface area contributed by atoms with Crippen molar-refractivity contribution in [3.8, 4) is 0 Å². The maximum absolute atomic E-state index is 11.4. The number of hydrogen-bond donors (Lipinski definition) is 0. The molecule has 1 aliphatic heterocycles. The molecule has 70 valence electrons. The van der Waals surface area contributed by atoms with Gasteiger partial charge in [0.05, 0.1) is 5.33 Å². The number of carbonyl (C=O) groups excluding carboxylic acids is 1. The molecule has 0 aliphatic carbocycles. The molecule has 0 spiro atoms. The van der Waals surface area contributed by atoms with Crippen molar-refractivity contribution in [3.05, 3.63) is 0 Å². The molecule has 0 bridgehead atoms. The fourth-order valence-electron chi connectivity index (χ4n) is 1.34. The van der Waals surface area contributed by atoms with Crippen LogP contribution in [0.15, 0.2) is 0 Å². The highest BCUT2D eigenvalue weighted by Gasteiger charge is 2.20. The lowest BCUT2D eigenvalue weighted by molar-refractivity contribution is -0.129. The van der Waals surface area contributed by atoms with E-state index in [0.29, 0.717) is 11.4 Å². The zero-order chi connectivity index (χ0) is 8.97. The fraction of sp³-hybridized carbons (Fsp3) is 0.875. The van der Waals surface area contributed by atoms with Gasteiger partial charge in [0.1, 0.15) is 0 Å². The van der Waals surface area contributed by atoms with E-state index in [1.165, 1.54) is 5.75 Å². The second kappa shape index (κ2) is 5.12. The first kappa shape index (κ1) is 10.4. The van der Waals surface area contributed by atoms with Gasteiger partial charge in [0.15, 0.2) is 0 Å². The minimum absolute atomic E-state index is 0.227. The van der Waals surface area contributed by atoms with Gasteiger partial charge < -0.3 is 4.90 Å². The standard InChI is InChI=1S/C8H14BrNOS/c1-7-2-4-12-5-3-10(7)8(11)6-9/h7H,2-6H2,1H3. The lowest BCUT2D eigenvalue weighted by Crippen LogP contribution is -2.39. The Kier molecular flexibility index (Phi) is 4.43. The van der Waals surface area contributed by atoms with Crippen LogP contribution in [0.2, 0.25) is 0 Å². The average molecular weight is 252 g/mol. The Bertz CT molecular complexity index is 165. The van der Waals surface area contributed by atoms with Gasteiger partial charge in [-0.1, -0.05) is 15.9 Å². The van der Waals surface area contributed by atoms with Gasteiger partial charge in [-0.2, -0.15) is 11.8 Å². The first-order valence-corrected chi connectivity index (χ1v) is 6.46. The van der Waals surface area contributed by atoms with E-state index >= 15 is 0 Å². The van der Waals surface area contributed by atoms with E-state index in [0.717, 1.165) is 18.7 Å². The monoisotopic (exact) mass is 251 g/mol. The summed E-state index contributed by atoms with van der Waals surface area (Å²) in [6, 6.07) is 0.421. The minimum Gasteiger partial charge on any atom is -0.338 e. The van der Waals surface area contributed by atoms with Crippen molar-refractivity contribution in [2.45, 2.75) is 19.4 Å². The Morgan fingerprint density at radius 1 is 1.67 bits per heavy atom. The Hall–Kier alpha value is 0.300. The molecule has 12 heavy (non-hydrogen) atoms. The predicted octanol–water partition coefficient (Wildman–Crippen LogP) is 1.74. The normalized spacial score (nSPS) is 25.2. The number of alkyl halides is 1. The summed E-state index contributed by atoms with van der Waals surface area (Å²) in [5, 5.41) is 0.460. The van der Waals surface area contributed by atoms with Crippen LogP contribution >= 0.6 is 27.7 Å². The second-order valence-corrected chi connectivity index (χ2v) is 4.76. The van der Waals surface area contributed by atoms with Crippen molar-refractivity contribution in [3.63, 3.8) is 0 Å². The quantitative estimate of drug-likeness (QED) is 0.662. The molecule has 1 unspecified atom stereocenters. The van der Waals surface area contributed by atoms with Gasteiger partial charge in [-0.15, -0.1) is 0 Å². The van der Waals surface area contributed by atoms with E-state index in [4.69, 9.17) is 0 Å². The molecule has 1 amide bonds. The maximum Gasteiger partial charge on any atom is 0.233 e. The van der Waals surface area contributed by atoms with Crippen LogP contribution in [0.5, 0.6) is 0 Å². The van der Waals surface area contributed by atoms with Crippen molar-refractivity contribution >= 4 is 33.6 Å². The summed E-state index contributed by atoms with van der Waals surface area (Å²) in [5.74, 6) is 2.50. The smallest absolute Gasteiger partial charge is 0.233 e. The van der Waals surface area contributed by atoms with Crippen LogP contribution in [0.4, 0.5) is 0 Å². The van der Waals surface area contributed by atoms with Crippen LogP contribution in [-0.4, -0.2) is 40.2 Å². The van der Waals surface area contributed by atoms with Crippen molar-refractivity contribution in [1.82, 2.24) is 4.90 Å². The van der Waals surface area contributed by atoms with Crippen LogP contribution in [0, 0.1) is 0 Å². The van der Waals surface area contributed by atoms with E-state index in [-0.39, 0.29) is 5.91 Å². The summed E-state index contributed by atoms with van der Waals surface area (Å²) in [6.07, 6.45) is 1.13. The van der Waals surface area contributed by atoms with Crippen LogP contribution in [-0.2, 0) is 4.79 Å². The lowest BCUT2D eigenvalue weighted by Gasteiger charge is -2.25. The van der Waals surface area contributed by atoms with Gasteiger partial charge in [0.25, 0.3) is 0 Å². The van der Waals surface area contributed by atoms with Crippen LogP contribution in [0.25, 0.3) is 0 Å². The Balaban J connectivity index is 2.52. The van der Waals surface area contributed by atoms with Crippen LogP contribution in [0.3, 0.4) is 0 Å². The van der Waals surface area contributed by atoms with Gasteiger partial charge in [0, 0.05) is 18.3 Å². The largest absolute Gasteiger partial charge is 0.338 e. The fourth-order valence-corrected chi connectivity index (χ4v) is 2.70. The first-order chi connectivity index (χ1) is 5.75. The SMILES string of the molecule is CC1CCSCCN1C(=O)CBr. The van der Waals surface area contributed by atoms with Crippen molar-refractivity contribution in [1.29, 1.82) is 0 Å². The Labute approximate surface area is 86.2 Å². The number of halogens is 1. The maximum atomic E-state index is 11.4. The summed E-state index contributed by atoms with van der Waals surface area (Å²) >= 11 is 5.15. The number of hydrogen-bond acceptors (Lipinski definition) is 2. The molecule has 0 aromatic carbocycles. The van der Waals surface area contributed by atoms with E-state index in [9.17, 15) is 4.79 Å². The molecule has 1 fully saturated rings. The highest BCUT2D eigenvalue weighted by molar-refractivity contribution is 9.09. The predicted molar refractivity (Wildman–Crippen MR) is 56.9 cm³/mol. The summed E-state index contributed by atoms with van der Waals surface area (Å²) in [5.41, 5.74) is 0. The van der Waals surface area contributed by atoms with E-state index in [1.54, 1.807) is 0 Å². The Morgan fingerprint density at radius 3 is 3.08 bits per heavy atom.